The standard InChI is InChI=1S/C18H21N3OS2/c22-17(19-13-10-11-23-15-8-5-4-6-12(13)15)21-18-20-14-7-2-1-3-9-16(14)24-18/h4-6,8,13H,1-3,7,9-11H2,(H2,19,20,21,22). The summed E-state index contributed by atoms with van der Waals surface area (Å²) in [6.45, 7) is 0. The number of urea groups is 1. The van der Waals surface area contributed by atoms with Crippen LogP contribution in [0.3, 0.4) is 0 Å². The van der Waals surface area contributed by atoms with Gasteiger partial charge in [0.25, 0.3) is 0 Å². The molecule has 1 aliphatic heterocycles. The molecule has 0 radical (unpaired) electrons. The first-order chi connectivity index (χ1) is 11.8. The van der Waals surface area contributed by atoms with Crippen molar-refractivity contribution in [2.75, 3.05) is 11.1 Å². The number of carbonyl (C=O) groups is 1. The molecule has 0 fully saturated rings. The number of thiazole rings is 1. The highest BCUT2D eigenvalue weighted by Crippen LogP contribution is 2.36. The summed E-state index contributed by atoms with van der Waals surface area (Å²) in [7, 11) is 0. The van der Waals surface area contributed by atoms with Gasteiger partial charge in [-0.2, -0.15) is 0 Å². The summed E-state index contributed by atoms with van der Waals surface area (Å²) in [4.78, 5) is 19.7. The van der Waals surface area contributed by atoms with Crippen molar-refractivity contribution >= 4 is 34.3 Å². The molecule has 2 aromatic rings. The highest BCUT2D eigenvalue weighted by molar-refractivity contribution is 7.99. The fraction of sp³-hybridized carbons (Fsp3) is 0.444. The maximum absolute atomic E-state index is 12.4. The number of hydrogen-bond donors (Lipinski definition) is 2. The van der Waals surface area contributed by atoms with Crippen molar-refractivity contribution in [2.24, 2.45) is 0 Å². The van der Waals surface area contributed by atoms with E-state index in [-0.39, 0.29) is 12.1 Å². The Hall–Kier alpha value is -1.53. The molecule has 1 unspecified atom stereocenters. The molecule has 2 heterocycles. The van der Waals surface area contributed by atoms with Gasteiger partial charge in [-0.15, -0.1) is 23.1 Å². The van der Waals surface area contributed by atoms with Crippen LogP contribution in [0.5, 0.6) is 0 Å². The highest BCUT2D eigenvalue weighted by atomic mass is 32.2. The van der Waals surface area contributed by atoms with Gasteiger partial charge < -0.3 is 5.32 Å². The number of benzene rings is 1. The first-order valence-corrected chi connectivity index (χ1v) is 10.4. The molecule has 2 amide bonds. The third-order valence-corrected chi connectivity index (χ3v) is 6.78. The van der Waals surface area contributed by atoms with E-state index >= 15 is 0 Å². The number of carbonyl (C=O) groups excluding carboxylic acids is 1. The molecule has 2 N–H and O–H groups in total. The minimum Gasteiger partial charge on any atom is -0.331 e. The number of amides is 2. The van der Waals surface area contributed by atoms with Gasteiger partial charge in [-0.05, 0) is 43.7 Å². The largest absolute Gasteiger partial charge is 0.331 e. The molecule has 2 aliphatic rings. The van der Waals surface area contributed by atoms with E-state index in [9.17, 15) is 4.79 Å². The van der Waals surface area contributed by atoms with Crippen molar-refractivity contribution in [3.05, 3.63) is 40.4 Å². The Morgan fingerprint density at radius 1 is 1.17 bits per heavy atom. The Bertz CT molecular complexity index is 720. The van der Waals surface area contributed by atoms with Gasteiger partial charge in [0.05, 0.1) is 11.7 Å². The molecular weight excluding hydrogens is 338 g/mol. The lowest BCUT2D eigenvalue weighted by Gasteiger charge is -2.25. The van der Waals surface area contributed by atoms with Gasteiger partial charge in [0.15, 0.2) is 5.13 Å². The lowest BCUT2D eigenvalue weighted by molar-refractivity contribution is 0.248. The summed E-state index contributed by atoms with van der Waals surface area (Å²) in [5.74, 6) is 1.04. The van der Waals surface area contributed by atoms with Crippen LogP contribution in [0.25, 0.3) is 0 Å². The van der Waals surface area contributed by atoms with Crippen molar-refractivity contribution < 1.29 is 4.79 Å². The molecule has 1 atom stereocenters. The summed E-state index contributed by atoms with van der Waals surface area (Å²) >= 11 is 3.50. The number of aromatic nitrogens is 1. The summed E-state index contributed by atoms with van der Waals surface area (Å²) in [6.07, 6.45) is 6.83. The average molecular weight is 360 g/mol. The summed E-state index contributed by atoms with van der Waals surface area (Å²) < 4.78 is 0. The van der Waals surface area contributed by atoms with Gasteiger partial charge in [-0.3, -0.25) is 5.32 Å². The maximum atomic E-state index is 12.4. The van der Waals surface area contributed by atoms with Crippen molar-refractivity contribution in [3.63, 3.8) is 0 Å². The molecule has 0 bridgehead atoms. The SMILES string of the molecule is O=C(Nc1nc2c(s1)CCCCC2)NC1CCSc2ccccc21. The molecule has 24 heavy (non-hydrogen) atoms. The molecule has 0 saturated carbocycles. The van der Waals surface area contributed by atoms with Gasteiger partial charge in [-0.25, -0.2) is 9.78 Å². The number of nitrogens with zero attached hydrogens (tertiary/aromatic N) is 1. The van der Waals surface area contributed by atoms with E-state index in [1.54, 1.807) is 11.3 Å². The van der Waals surface area contributed by atoms with Crippen LogP contribution in [-0.4, -0.2) is 16.8 Å². The number of thioether (sulfide) groups is 1. The Kier molecular flexibility index (Phi) is 4.76. The van der Waals surface area contributed by atoms with E-state index in [0.717, 1.165) is 30.1 Å². The average Bonchev–Trinajstić information content (AvgIpc) is 2.83. The molecule has 0 saturated heterocycles. The normalized spacial score (nSPS) is 19.8. The predicted molar refractivity (Wildman–Crippen MR) is 100 cm³/mol. The third-order valence-electron chi connectivity index (χ3n) is 4.58. The Morgan fingerprint density at radius 3 is 3.00 bits per heavy atom. The number of anilines is 1. The monoisotopic (exact) mass is 359 g/mol. The number of rotatable bonds is 2. The quantitative estimate of drug-likeness (QED) is 0.759. The Morgan fingerprint density at radius 2 is 2.04 bits per heavy atom. The van der Waals surface area contributed by atoms with Crippen molar-refractivity contribution in [1.82, 2.24) is 10.3 Å². The van der Waals surface area contributed by atoms with Crippen LogP contribution in [0.15, 0.2) is 29.2 Å². The van der Waals surface area contributed by atoms with Crippen LogP contribution in [0.1, 0.15) is 47.9 Å². The number of hydrogen-bond acceptors (Lipinski definition) is 4. The van der Waals surface area contributed by atoms with Gasteiger partial charge in [0.2, 0.25) is 0 Å². The molecule has 126 valence electrons. The fourth-order valence-corrected chi connectivity index (χ4v) is 5.54. The molecule has 4 rings (SSSR count). The van der Waals surface area contributed by atoms with Gasteiger partial charge >= 0.3 is 6.03 Å². The second-order valence-electron chi connectivity index (χ2n) is 6.28. The van der Waals surface area contributed by atoms with Gasteiger partial charge in [0, 0.05) is 15.5 Å². The Labute approximate surface area is 150 Å². The van der Waals surface area contributed by atoms with Crippen LogP contribution in [-0.2, 0) is 12.8 Å². The zero-order valence-electron chi connectivity index (χ0n) is 13.5. The molecule has 4 nitrogen and oxygen atoms in total. The maximum Gasteiger partial charge on any atom is 0.321 e. The number of nitrogens with one attached hydrogen (secondary N) is 2. The van der Waals surface area contributed by atoms with Crippen molar-refractivity contribution in [3.8, 4) is 0 Å². The minimum absolute atomic E-state index is 0.0836. The van der Waals surface area contributed by atoms with E-state index < -0.39 is 0 Å². The van der Waals surface area contributed by atoms with Crippen LogP contribution in [0.2, 0.25) is 0 Å². The van der Waals surface area contributed by atoms with Crippen LogP contribution in [0.4, 0.5) is 9.93 Å². The zero-order chi connectivity index (χ0) is 16.4. The van der Waals surface area contributed by atoms with Gasteiger partial charge in [-0.1, -0.05) is 24.6 Å². The summed E-state index contributed by atoms with van der Waals surface area (Å²) in [5, 5.41) is 6.80. The number of fused-ring (bicyclic) bond motifs is 2. The van der Waals surface area contributed by atoms with Crippen LogP contribution >= 0.6 is 23.1 Å². The molecule has 0 spiro atoms. The lowest BCUT2D eigenvalue weighted by Crippen LogP contribution is -2.34. The topological polar surface area (TPSA) is 54.0 Å². The third kappa shape index (κ3) is 3.44. The molecule has 1 aliphatic carbocycles. The predicted octanol–water partition coefficient (Wildman–Crippen LogP) is 4.77. The van der Waals surface area contributed by atoms with E-state index in [0.29, 0.717) is 0 Å². The summed E-state index contributed by atoms with van der Waals surface area (Å²) in [5.41, 5.74) is 2.41. The molecule has 1 aromatic carbocycles. The van der Waals surface area contributed by atoms with Crippen LogP contribution < -0.4 is 10.6 Å². The van der Waals surface area contributed by atoms with E-state index in [1.807, 2.05) is 17.8 Å². The van der Waals surface area contributed by atoms with E-state index in [2.05, 4.69) is 33.8 Å². The lowest BCUT2D eigenvalue weighted by atomic mass is 10.0. The Balaban J connectivity index is 1.43. The molecular formula is C18H21N3OS2. The highest BCUT2D eigenvalue weighted by Gasteiger charge is 2.22. The minimum atomic E-state index is -0.148. The van der Waals surface area contributed by atoms with Gasteiger partial charge in [0.1, 0.15) is 0 Å². The van der Waals surface area contributed by atoms with Crippen molar-refractivity contribution in [1.29, 1.82) is 0 Å². The first-order valence-electron chi connectivity index (χ1n) is 8.57. The van der Waals surface area contributed by atoms with E-state index in [1.165, 1.54) is 40.3 Å². The first kappa shape index (κ1) is 16.0. The molecule has 6 heteroatoms. The second-order valence-corrected chi connectivity index (χ2v) is 8.50. The zero-order valence-corrected chi connectivity index (χ0v) is 15.1. The van der Waals surface area contributed by atoms with Crippen LogP contribution in [0, 0.1) is 0 Å². The smallest absolute Gasteiger partial charge is 0.321 e. The van der Waals surface area contributed by atoms with E-state index in [4.69, 9.17) is 0 Å². The summed E-state index contributed by atoms with van der Waals surface area (Å²) in [6, 6.07) is 8.26. The molecule has 1 aromatic heterocycles. The van der Waals surface area contributed by atoms with Crippen molar-refractivity contribution in [2.45, 2.75) is 49.5 Å². The second kappa shape index (κ2) is 7.15. The number of aryl methyl sites for hydroxylation is 2. The fourth-order valence-electron chi connectivity index (χ4n) is 3.37.